The molecule has 0 aliphatic rings. The molecule has 2 aromatic rings. The average Bonchev–Trinajstić information content (AvgIpc) is 3.15. The Balaban J connectivity index is 2.66. The summed E-state index contributed by atoms with van der Waals surface area (Å²) >= 11 is 6.11. The van der Waals surface area contributed by atoms with Crippen LogP contribution in [0.1, 0.15) is 23.5 Å². The van der Waals surface area contributed by atoms with Crippen molar-refractivity contribution in [2.45, 2.75) is 19.4 Å². The van der Waals surface area contributed by atoms with Gasteiger partial charge in [-0.25, -0.2) is 4.98 Å². The number of hydrogen-bond acceptors (Lipinski definition) is 4. The standard InChI is InChI=1S/C26H34ClN5/c1-7-11-21(8-2)18-24-29-26(30(5)9-3)25(20(4)31(6)17-10-16-28)32(24)19-22-12-14-23(27)15-13-22/h7-9,11-15H,1-4,10,16-19,28H2,5-6H3/b21-11+. The number of anilines is 1. The van der Waals surface area contributed by atoms with E-state index in [9.17, 15) is 0 Å². The Kier molecular flexibility index (Phi) is 9.57. The lowest BCUT2D eigenvalue weighted by atomic mass is 10.1. The zero-order chi connectivity index (χ0) is 23.7. The lowest BCUT2D eigenvalue weighted by Crippen LogP contribution is -2.23. The largest absolute Gasteiger partial charge is 0.373 e. The van der Waals surface area contributed by atoms with Crippen LogP contribution in [0.15, 0.2) is 80.6 Å². The minimum Gasteiger partial charge on any atom is -0.373 e. The van der Waals surface area contributed by atoms with Gasteiger partial charge >= 0.3 is 0 Å². The first kappa shape index (κ1) is 25.2. The SMILES string of the molecule is C=C/C=C(\C=C)Cc1nc(N(C)C=C)c(C(=C)N(C)CCCN)n1Cc1ccc(Cl)cc1. The van der Waals surface area contributed by atoms with Gasteiger partial charge in [-0.2, -0.15) is 0 Å². The van der Waals surface area contributed by atoms with Crippen molar-refractivity contribution >= 4 is 23.1 Å². The van der Waals surface area contributed by atoms with E-state index in [0.29, 0.717) is 24.5 Å². The molecule has 0 aliphatic heterocycles. The van der Waals surface area contributed by atoms with E-state index < -0.39 is 0 Å². The van der Waals surface area contributed by atoms with Crippen molar-refractivity contribution in [2.75, 3.05) is 32.1 Å². The van der Waals surface area contributed by atoms with Crippen molar-refractivity contribution in [1.82, 2.24) is 14.5 Å². The first-order valence-electron chi connectivity index (χ1n) is 10.6. The van der Waals surface area contributed by atoms with E-state index in [-0.39, 0.29) is 0 Å². The predicted molar refractivity (Wildman–Crippen MR) is 139 cm³/mol. The molecule has 0 aliphatic carbocycles. The monoisotopic (exact) mass is 451 g/mol. The molecule has 0 unspecified atom stereocenters. The number of benzene rings is 1. The van der Waals surface area contributed by atoms with Gasteiger partial charge in [0.1, 0.15) is 11.5 Å². The maximum atomic E-state index is 6.11. The summed E-state index contributed by atoms with van der Waals surface area (Å²) in [6.45, 7) is 18.2. The third-order valence-corrected chi connectivity index (χ3v) is 5.53. The van der Waals surface area contributed by atoms with Crippen LogP contribution in [0.5, 0.6) is 0 Å². The molecule has 0 fully saturated rings. The zero-order valence-corrected chi connectivity index (χ0v) is 20.0. The van der Waals surface area contributed by atoms with Crippen molar-refractivity contribution in [2.24, 2.45) is 5.73 Å². The number of rotatable bonds is 13. The van der Waals surface area contributed by atoms with E-state index in [0.717, 1.165) is 47.1 Å². The number of allylic oxidation sites excluding steroid dienone is 4. The highest BCUT2D eigenvalue weighted by Gasteiger charge is 2.23. The number of halogens is 1. The Bertz CT molecular complexity index is 984. The number of nitrogens with two attached hydrogens (primary N) is 1. The lowest BCUT2D eigenvalue weighted by Gasteiger charge is -2.25. The molecule has 0 atom stereocenters. The minimum atomic E-state index is 0.612. The van der Waals surface area contributed by atoms with Gasteiger partial charge in [0.05, 0.1) is 5.70 Å². The first-order valence-corrected chi connectivity index (χ1v) is 11.0. The molecular weight excluding hydrogens is 418 g/mol. The van der Waals surface area contributed by atoms with Gasteiger partial charge in [-0.3, -0.25) is 0 Å². The van der Waals surface area contributed by atoms with Crippen LogP contribution in [0.4, 0.5) is 5.82 Å². The summed E-state index contributed by atoms with van der Waals surface area (Å²) in [5.41, 5.74) is 9.70. The van der Waals surface area contributed by atoms with E-state index in [1.807, 2.05) is 55.4 Å². The Labute approximate surface area is 197 Å². The lowest BCUT2D eigenvalue weighted by molar-refractivity contribution is 0.465. The predicted octanol–water partition coefficient (Wildman–Crippen LogP) is 5.26. The topological polar surface area (TPSA) is 50.3 Å². The van der Waals surface area contributed by atoms with E-state index in [1.54, 1.807) is 12.3 Å². The molecule has 0 saturated carbocycles. The molecule has 32 heavy (non-hydrogen) atoms. The van der Waals surface area contributed by atoms with Crippen LogP contribution in [-0.2, 0) is 13.0 Å². The molecule has 1 aromatic heterocycles. The minimum absolute atomic E-state index is 0.612. The summed E-state index contributed by atoms with van der Waals surface area (Å²) in [6.07, 6.45) is 8.79. The summed E-state index contributed by atoms with van der Waals surface area (Å²) in [6, 6.07) is 7.86. The van der Waals surface area contributed by atoms with E-state index >= 15 is 0 Å². The van der Waals surface area contributed by atoms with Crippen molar-refractivity contribution in [3.8, 4) is 0 Å². The third kappa shape index (κ3) is 6.25. The van der Waals surface area contributed by atoms with Gasteiger partial charge < -0.3 is 20.1 Å². The fourth-order valence-electron chi connectivity index (χ4n) is 3.36. The van der Waals surface area contributed by atoms with Crippen molar-refractivity contribution < 1.29 is 0 Å². The molecule has 0 amide bonds. The molecule has 5 nitrogen and oxygen atoms in total. The Morgan fingerprint density at radius 2 is 1.88 bits per heavy atom. The van der Waals surface area contributed by atoms with Crippen molar-refractivity contribution in [1.29, 1.82) is 0 Å². The van der Waals surface area contributed by atoms with Crippen LogP contribution < -0.4 is 10.6 Å². The van der Waals surface area contributed by atoms with Gasteiger partial charge in [0.2, 0.25) is 0 Å². The first-order chi connectivity index (χ1) is 15.4. The van der Waals surface area contributed by atoms with Gasteiger partial charge in [0, 0.05) is 38.6 Å². The van der Waals surface area contributed by atoms with Crippen LogP contribution >= 0.6 is 11.6 Å². The zero-order valence-electron chi connectivity index (χ0n) is 19.2. The van der Waals surface area contributed by atoms with Crippen LogP contribution in [0.3, 0.4) is 0 Å². The number of nitrogens with zero attached hydrogens (tertiary/aromatic N) is 4. The maximum absolute atomic E-state index is 6.11. The second-order valence-electron chi connectivity index (χ2n) is 7.57. The maximum Gasteiger partial charge on any atom is 0.160 e. The smallest absolute Gasteiger partial charge is 0.160 e. The average molecular weight is 452 g/mol. The molecule has 170 valence electrons. The second-order valence-corrected chi connectivity index (χ2v) is 8.01. The number of aromatic nitrogens is 2. The van der Waals surface area contributed by atoms with Gasteiger partial charge in [-0.1, -0.05) is 68.3 Å². The molecule has 1 aromatic carbocycles. The highest BCUT2D eigenvalue weighted by molar-refractivity contribution is 6.30. The summed E-state index contributed by atoms with van der Waals surface area (Å²) in [5, 5.41) is 0.709. The van der Waals surface area contributed by atoms with E-state index in [4.69, 9.17) is 22.3 Å². The van der Waals surface area contributed by atoms with E-state index in [1.165, 1.54) is 0 Å². The fraction of sp³-hybridized carbons (Fsp3) is 0.269. The van der Waals surface area contributed by atoms with E-state index in [2.05, 4.69) is 35.8 Å². The Hall–Kier alpha value is -3.02. The Morgan fingerprint density at radius 1 is 1.19 bits per heavy atom. The third-order valence-electron chi connectivity index (χ3n) is 5.28. The summed E-state index contributed by atoms with van der Waals surface area (Å²) < 4.78 is 2.21. The number of imidazole rings is 1. The fourth-order valence-corrected chi connectivity index (χ4v) is 3.48. The normalized spacial score (nSPS) is 11.2. The molecule has 2 N–H and O–H groups in total. The highest BCUT2D eigenvalue weighted by atomic mass is 35.5. The van der Waals surface area contributed by atoms with Crippen molar-refractivity contribution in [3.05, 3.63) is 103 Å². The molecule has 1 heterocycles. The summed E-state index contributed by atoms with van der Waals surface area (Å²) in [5.74, 6) is 1.70. The molecule has 0 spiro atoms. The number of hydrogen-bond donors (Lipinski definition) is 1. The summed E-state index contributed by atoms with van der Waals surface area (Å²) in [4.78, 5) is 9.05. The summed E-state index contributed by atoms with van der Waals surface area (Å²) in [7, 11) is 3.97. The molecule has 0 saturated heterocycles. The van der Waals surface area contributed by atoms with Crippen LogP contribution in [-0.4, -0.2) is 41.6 Å². The van der Waals surface area contributed by atoms with Gasteiger partial charge in [0.15, 0.2) is 5.82 Å². The van der Waals surface area contributed by atoms with Crippen LogP contribution in [0.2, 0.25) is 5.02 Å². The molecule has 0 radical (unpaired) electrons. The quantitative estimate of drug-likeness (QED) is 0.422. The molecule has 0 bridgehead atoms. The van der Waals surface area contributed by atoms with Gasteiger partial charge in [-0.15, -0.1) is 0 Å². The van der Waals surface area contributed by atoms with Crippen LogP contribution in [0.25, 0.3) is 5.70 Å². The second kappa shape index (κ2) is 12.1. The van der Waals surface area contributed by atoms with Crippen molar-refractivity contribution in [3.63, 3.8) is 0 Å². The Morgan fingerprint density at radius 3 is 2.44 bits per heavy atom. The molecule has 6 heteroatoms. The molecular formula is C26H34ClN5. The van der Waals surface area contributed by atoms with Crippen LogP contribution in [0, 0.1) is 0 Å². The highest BCUT2D eigenvalue weighted by Crippen LogP contribution is 2.31. The van der Waals surface area contributed by atoms with Gasteiger partial charge in [-0.05, 0) is 42.4 Å². The molecule has 2 rings (SSSR count). The van der Waals surface area contributed by atoms with Gasteiger partial charge in [0.25, 0.3) is 0 Å².